The number of rotatable bonds is 8. The molecule has 1 aromatic heterocycles. The van der Waals surface area contributed by atoms with Crippen molar-refractivity contribution in [1.82, 2.24) is 14.5 Å². The Morgan fingerprint density at radius 3 is 2.70 bits per heavy atom. The van der Waals surface area contributed by atoms with Crippen molar-refractivity contribution in [2.75, 3.05) is 12.8 Å². The Balaban J connectivity index is 1.50. The fourth-order valence-corrected chi connectivity index (χ4v) is 5.00. The van der Waals surface area contributed by atoms with Crippen LogP contribution in [0.3, 0.4) is 0 Å². The van der Waals surface area contributed by atoms with Crippen LogP contribution in [0.2, 0.25) is 0 Å². The zero-order valence-electron chi connectivity index (χ0n) is 18.8. The average Bonchev–Trinajstić information content (AvgIpc) is 2.84. The summed E-state index contributed by atoms with van der Waals surface area (Å²) < 4.78 is 14.9. The zero-order chi connectivity index (χ0) is 23.2. The standard InChI is InChI=1S/C26H28FN3O2S/c1-29(17-20-11-13-21(27)14-12-20)24(31)18-33-26-28-23-10-6-5-9-22(23)25(32)30(26)16-15-19-7-3-2-4-8-19/h5-7,9-14H,2-4,8,15-18H2,1H3. The molecule has 0 unspecified atom stereocenters. The SMILES string of the molecule is CN(Cc1ccc(F)cc1)C(=O)CSc1nc2ccccc2c(=O)n1CCC1=CCCCC1. The lowest BCUT2D eigenvalue weighted by Gasteiger charge is -2.18. The van der Waals surface area contributed by atoms with Gasteiger partial charge in [-0.15, -0.1) is 0 Å². The second-order valence-corrected chi connectivity index (χ2v) is 9.33. The highest BCUT2D eigenvalue weighted by atomic mass is 32.2. The zero-order valence-corrected chi connectivity index (χ0v) is 19.6. The van der Waals surface area contributed by atoms with Crippen LogP contribution >= 0.6 is 11.8 Å². The van der Waals surface area contributed by atoms with E-state index in [1.807, 2.05) is 18.2 Å². The van der Waals surface area contributed by atoms with E-state index >= 15 is 0 Å². The van der Waals surface area contributed by atoms with Crippen LogP contribution in [0.4, 0.5) is 4.39 Å². The summed E-state index contributed by atoms with van der Waals surface area (Å²) in [5.41, 5.74) is 2.84. The quantitative estimate of drug-likeness (QED) is 0.261. The summed E-state index contributed by atoms with van der Waals surface area (Å²) in [5, 5.41) is 1.16. The lowest BCUT2D eigenvalue weighted by atomic mass is 9.97. The minimum Gasteiger partial charge on any atom is -0.341 e. The van der Waals surface area contributed by atoms with Crippen LogP contribution in [0.1, 0.15) is 37.7 Å². The van der Waals surface area contributed by atoms with Crippen LogP contribution in [0, 0.1) is 5.82 Å². The van der Waals surface area contributed by atoms with Gasteiger partial charge in [-0.25, -0.2) is 9.37 Å². The van der Waals surface area contributed by atoms with Crippen molar-refractivity contribution in [1.29, 1.82) is 0 Å². The lowest BCUT2D eigenvalue weighted by Crippen LogP contribution is -2.29. The highest BCUT2D eigenvalue weighted by Crippen LogP contribution is 2.23. The number of fused-ring (bicyclic) bond motifs is 1. The molecule has 0 saturated carbocycles. The van der Waals surface area contributed by atoms with Crippen LogP contribution < -0.4 is 5.56 Å². The Morgan fingerprint density at radius 2 is 1.94 bits per heavy atom. The number of carbonyl (C=O) groups is 1. The molecule has 1 aliphatic rings. The minimum atomic E-state index is -0.298. The van der Waals surface area contributed by atoms with E-state index in [2.05, 4.69) is 6.08 Å². The van der Waals surface area contributed by atoms with Crippen LogP contribution in [0.15, 0.2) is 70.1 Å². The number of amides is 1. The molecule has 2 aromatic carbocycles. The number of hydrogen-bond acceptors (Lipinski definition) is 4. The minimum absolute atomic E-state index is 0.0633. The van der Waals surface area contributed by atoms with E-state index in [9.17, 15) is 14.0 Å². The van der Waals surface area contributed by atoms with E-state index in [0.717, 1.165) is 24.8 Å². The molecule has 7 heteroatoms. The van der Waals surface area contributed by atoms with Gasteiger partial charge in [-0.2, -0.15) is 0 Å². The summed E-state index contributed by atoms with van der Waals surface area (Å²) in [7, 11) is 1.72. The molecule has 0 radical (unpaired) electrons. The molecule has 4 rings (SSSR count). The van der Waals surface area contributed by atoms with Crippen molar-refractivity contribution in [3.63, 3.8) is 0 Å². The van der Waals surface area contributed by atoms with Gasteiger partial charge in [-0.05, 0) is 61.9 Å². The number of aromatic nitrogens is 2. The first kappa shape index (κ1) is 23.2. The van der Waals surface area contributed by atoms with Crippen molar-refractivity contribution >= 4 is 28.6 Å². The van der Waals surface area contributed by atoms with Gasteiger partial charge in [-0.3, -0.25) is 14.2 Å². The van der Waals surface area contributed by atoms with Crippen molar-refractivity contribution < 1.29 is 9.18 Å². The monoisotopic (exact) mass is 465 g/mol. The largest absolute Gasteiger partial charge is 0.341 e. The number of thioether (sulfide) groups is 1. The van der Waals surface area contributed by atoms with Gasteiger partial charge in [0.2, 0.25) is 5.91 Å². The molecule has 3 aromatic rings. The van der Waals surface area contributed by atoms with Crippen molar-refractivity contribution in [3.8, 4) is 0 Å². The number of nitrogens with zero attached hydrogens (tertiary/aromatic N) is 3. The summed E-state index contributed by atoms with van der Waals surface area (Å²) >= 11 is 1.29. The summed E-state index contributed by atoms with van der Waals surface area (Å²) in [6, 6.07) is 13.5. The summed E-state index contributed by atoms with van der Waals surface area (Å²) in [6.07, 6.45) is 7.75. The molecule has 0 saturated heterocycles. The molecule has 1 aliphatic carbocycles. The molecular formula is C26H28FN3O2S. The van der Waals surface area contributed by atoms with Gasteiger partial charge in [0, 0.05) is 20.1 Å². The predicted molar refractivity (Wildman–Crippen MR) is 131 cm³/mol. The van der Waals surface area contributed by atoms with E-state index < -0.39 is 0 Å². The van der Waals surface area contributed by atoms with Gasteiger partial charge in [0.25, 0.3) is 5.56 Å². The van der Waals surface area contributed by atoms with E-state index in [1.54, 1.807) is 34.7 Å². The maximum Gasteiger partial charge on any atom is 0.262 e. The fraction of sp³-hybridized carbons (Fsp3) is 0.346. The number of hydrogen-bond donors (Lipinski definition) is 0. The summed E-state index contributed by atoms with van der Waals surface area (Å²) in [5.74, 6) is -0.202. The third-order valence-electron chi connectivity index (χ3n) is 5.95. The fourth-order valence-electron chi connectivity index (χ4n) is 4.03. The van der Waals surface area contributed by atoms with Gasteiger partial charge in [-0.1, -0.05) is 47.7 Å². The van der Waals surface area contributed by atoms with Gasteiger partial charge >= 0.3 is 0 Å². The first-order chi connectivity index (χ1) is 16.0. The summed E-state index contributed by atoms with van der Waals surface area (Å²) in [4.78, 5) is 32.3. The number of halogens is 1. The van der Waals surface area contributed by atoms with E-state index in [-0.39, 0.29) is 23.0 Å². The molecule has 0 aliphatic heterocycles. The molecule has 0 fully saturated rings. The topological polar surface area (TPSA) is 55.2 Å². The van der Waals surface area contributed by atoms with E-state index in [1.165, 1.54) is 42.3 Å². The molecule has 1 amide bonds. The molecule has 33 heavy (non-hydrogen) atoms. The Morgan fingerprint density at radius 1 is 1.15 bits per heavy atom. The highest BCUT2D eigenvalue weighted by molar-refractivity contribution is 7.99. The van der Waals surface area contributed by atoms with Crippen LogP contribution in [-0.4, -0.2) is 33.2 Å². The van der Waals surface area contributed by atoms with Crippen LogP contribution in [0.25, 0.3) is 10.9 Å². The van der Waals surface area contributed by atoms with Crippen LogP contribution in [0.5, 0.6) is 0 Å². The Labute approximate surface area is 197 Å². The normalized spacial score (nSPS) is 13.7. The van der Waals surface area contributed by atoms with E-state index in [0.29, 0.717) is 29.1 Å². The molecule has 0 N–H and O–H groups in total. The first-order valence-corrected chi connectivity index (χ1v) is 12.3. The Hall–Kier alpha value is -2.93. The molecule has 172 valence electrons. The van der Waals surface area contributed by atoms with Crippen molar-refractivity contribution in [2.45, 2.75) is 50.4 Å². The van der Waals surface area contributed by atoms with Gasteiger partial charge < -0.3 is 4.90 Å². The van der Waals surface area contributed by atoms with E-state index in [4.69, 9.17) is 4.98 Å². The Kier molecular flexibility index (Phi) is 7.60. The smallest absolute Gasteiger partial charge is 0.262 e. The maximum absolute atomic E-state index is 13.2. The highest BCUT2D eigenvalue weighted by Gasteiger charge is 2.16. The average molecular weight is 466 g/mol. The second-order valence-electron chi connectivity index (χ2n) is 8.39. The number of carbonyl (C=O) groups excluding carboxylic acids is 1. The van der Waals surface area contributed by atoms with Crippen LogP contribution in [-0.2, 0) is 17.9 Å². The third kappa shape index (κ3) is 5.90. The lowest BCUT2D eigenvalue weighted by molar-refractivity contribution is -0.127. The van der Waals surface area contributed by atoms with Gasteiger partial charge in [0.15, 0.2) is 5.16 Å². The predicted octanol–water partition coefficient (Wildman–Crippen LogP) is 5.18. The molecule has 1 heterocycles. The third-order valence-corrected chi connectivity index (χ3v) is 6.91. The van der Waals surface area contributed by atoms with Gasteiger partial charge in [0.1, 0.15) is 5.82 Å². The van der Waals surface area contributed by atoms with Crippen molar-refractivity contribution in [3.05, 3.63) is 81.9 Å². The number of allylic oxidation sites excluding steroid dienone is 2. The first-order valence-electron chi connectivity index (χ1n) is 11.3. The molecule has 0 spiro atoms. The number of para-hydroxylation sites is 1. The molecular weight excluding hydrogens is 437 g/mol. The molecule has 0 atom stereocenters. The molecule has 5 nitrogen and oxygen atoms in total. The summed E-state index contributed by atoms with van der Waals surface area (Å²) in [6.45, 7) is 0.955. The number of benzene rings is 2. The second kappa shape index (κ2) is 10.8. The molecule has 0 bridgehead atoms. The maximum atomic E-state index is 13.2. The Bertz CT molecular complexity index is 1220. The van der Waals surface area contributed by atoms with Gasteiger partial charge in [0.05, 0.1) is 16.7 Å². The van der Waals surface area contributed by atoms with Crippen molar-refractivity contribution in [2.24, 2.45) is 0 Å².